The van der Waals surface area contributed by atoms with E-state index in [1.807, 2.05) is 0 Å². The summed E-state index contributed by atoms with van der Waals surface area (Å²) in [6.07, 6.45) is 4.83. The maximum Gasteiger partial charge on any atom is 0.0387 e. The number of nitrogens with two attached hydrogens (primary N) is 1. The van der Waals surface area contributed by atoms with E-state index in [1.54, 1.807) is 0 Å². The van der Waals surface area contributed by atoms with Gasteiger partial charge in [0.1, 0.15) is 0 Å². The third-order valence-electron chi connectivity index (χ3n) is 5.19. The topological polar surface area (TPSA) is 34.2 Å². The van der Waals surface area contributed by atoms with E-state index < -0.39 is 0 Å². The van der Waals surface area contributed by atoms with Gasteiger partial charge in [-0.2, -0.15) is 0 Å². The minimum Gasteiger partial charge on any atom is -0.350 e. The summed E-state index contributed by atoms with van der Waals surface area (Å²) < 4.78 is 2.32. The molecule has 1 fully saturated rings. The molecule has 1 aliphatic heterocycles. The van der Waals surface area contributed by atoms with Crippen molar-refractivity contribution in [2.24, 2.45) is 18.7 Å². The first kappa shape index (κ1) is 16.3. The largest absolute Gasteiger partial charge is 0.350 e. The summed E-state index contributed by atoms with van der Waals surface area (Å²) in [6, 6.07) is 15.4. The average Bonchev–Trinajstić information content (AvgIpc) is 2.91. The normalized spacial score (nSPS) is 16.8. The second kappa shape index (κ2) is 7.80. The molecule has 1 saturated heterocycles. The van der Waals surface area contributed by atoms with Crippen LogP contribution in [0.25, 0.3) is 0 Å². The molecule has 0 radical (unpaired) electrons. The molecule has 2 aromatic rings. The van der Waals surface area contributed by atoms with Crippen LogP contribution < -0.4 is 5.73 Å². The predicted octanol–water partition coefficient (Wildman–Crippen LogP) is 2.98. The lowest BCUT2D eigenvalue weighted by atomic mass is 9.90. The van der Waals surface area contributed by atoms with Gasteiger partial charge in [0.15, 0.2) is 0 Å². The van der Waals surface area contributed by atoms with Gasteiger partial charge in [0.05, 0.1) is 0 Å². The second-order valence-electron chi connectivity index (χ2n) is 6.82. The summed E-state index contributed by atoms with van der Waals surface area (Å²) >= 11 is 0. The van der Waals surface area contributed by atoms with Crippen LogP contribution in [0.2, 0.25) is 0 Å². The summed E-state index contributed by atoms with van der Waals surface area (Å²) in [7, 11) is 2.17. The van der Waals surface area contributed by atoms with Crippen molar-refractivity contribution in [3.63, 3.8) is 0 Å². The molecule has 3 rings (SSSR count). The monoisotopic (exact) mass is 311 g/mol. The standard InChI is InChI=1S/C20H29N3/c1-22-19(9-12-21)7-8-20(22)16-23-13-10-18(11-14-23)15-17-5-3-2-4-6-17/h2-8,18H,9-16,21H2,1H3. The molecule has 23 heavy (non-hydrogen) atoms. The van der Waals surface area contributed by atoms with Crippen LogP contribution in [0, 0.1) is 5.92 Å². The Bertz CT molecular complexity index is 595. The van der Waals surface area contributed by atoms with E-state index in [9.17, 15) is 0 Å². The lowest BCUT2D eigenvalue weighted by molar-refractivity contribution is 0.174. The van der Waals surface area contributed by atoms with Crippen LogP contribution in [0.15, 0.2) is 42.5 Å². The van der Waals surface area contributed by atoms with E-state index in [-0.39, 0.29) is 0 Å². The molecule has 3 heteroatoms. The Labute approximate surface area is 140 Å². The van der Waals surface area contributed by atoms with Crippen molar-refractivity contribution in [1.82, 2.24) is 9.47 Å². The van der Waals surface area contributed by atoms with Crippen molar-refractivity contribution in [2.75, 3.05) is 19.6 Å². The second-order valence-corrected chi connectivity index (χ2v) is 6.82. The Balaban J connectivity index is 1.49. The molecule has 2 N–H and O–H groups in total. The zero-order chi connectivity index (χ0) is 16.1. The van der Waals surface area contributed by atoms with E-state index in [4.69, 9.17) is 5.73 Å². The van der Waals surface area contributed by atoms with Gasteiger partial charge in [-0.05, 0) is 68.9 Å². The van der Waals surface area contributed by atoms with Gasteiger partial charge >= 0.3 is 0 Å². The molecule has 124 valence electrons. The number of benzene rings is 1. The van der Waals surface area contributed by atoms with Crippen LogP contribution in [0.1, 0.15) is 29.8 Å². The van der Waals surface area contributed by atoms with Crippen LogP contribution in [0.5, 0.6) is 0 Å². The Morgan fingerprint density at radius 3 is 2.39 bits per heavy atom. The minimum absolute atomic E-state index is 0.724. The molecule has 0 unspecified atom stereocenters. The molecule has 0 amide bonds. The highest BCUT2D eigenvalue weighted by Gasteiger charge is 2.20. The molecule has 0 aliphatic carbocycles. The lowest BCUT2D eigenvalue weighted by Crippen LogP contribution is -2.34. The van der Waals surface area contributed by atoms with Crippen LogP contribution in [0.3, 0.4) is 0 Å². The van der Waals surface area contributed by atoms with Gasteiger partial charge in [-0.1, -0.05) is 30.3 Å². The molecular weight excluding hydrogens is 282 g/mol. The highest BCUT2D eigenvalue weighted by molar-refractivity contribution is 5.17. The molecule has 0 spiro atoms. The fraction of sp³-hybridized carbons (Fsp3) is 0.500. The first-order chi connectivity index (χ1) is 11.3. The van der Waals surface area contributed by atoms with Crippen LogP contribution >= 0.6 is 0 Å². The molecule has 2 heterocycles. The molecule has 0 bridgehead atoms. The highest BCUT2D eigenvalue weighted by Crippen LogP contribution is 2.23. The number of likely N-dealkylation sites (tertiary alicyclic amines) is 1. The van der Waals surface area contributed by atoms with Gasteiger partial charge in [0.25, 0.3) is 0 Å². The van der Waals surface area contributed by atoms with Gasteiger partial charge in [-0.3, -0.25) is 4.90 Å². The Morgan fingerprint density at radius 2 is 1.70 bits per heavy atom. The first-order valence-electron chi connectivity index (χ1n) is 8.86. The molecular formula is C20H29N3. The summed E-state index contributed by atoms with van der Waals surface area (Å²) in [4.78, 5) is 2.60. The molecule has 1 aliphatic rings. The molecule has 0 saturated carbocycles. The average molecular weight is 311 g/mol. The van der Waals surface area contributed by atoms with Gasteiger partial charge in [-0.25, -0.2) is 0 Å². The molecule has 0 atom stereocenters. The predicted molar refractivity (Wildman–Crippen MR) is 96.3 cm³/mol. The Kier molecular flexibility index (Phi) is 5.52. The van der Waals surface area contributed by atoms with Gasteiger partial charge in [0, 0.05) is 25.0 Å². The number of aromatic nitrogens is 1. The van der Waals surface area contributed by atoms with Gasteiger partial charge < -0.3 is 10.3 Å². The zero-order valence-corrected chi connectivity index (χ0v) is 14.2. The Hall–Kier alpha value is -1.58. The fourth-order valence-electron chi connectivity index (χ4n) is 3.68. The van der Waals surface area contributed by atoms with Crippen molar-refractivity contribution in [3.05, 3.63) is 59.4 Å². The van der Waals surface area contributed by atoms with Crippen LogP contribution in [-0.4, -0.2) is 29.1 Å². The van der Waals surface area contributed by atoms with E-state index >= 15 is 0 Å². The first-order valence-corrected chi connectivity index (χ1v) is 8.86. The van der Waals surface area contributed by atoms with E-state index in [2.05, 4.69) is 59.0 Å². The van der Waals surface area contributed by atoms with Crippen molar-refractivity contribution >= 4 is 0 Å². The molecule has 1 aromatic carbocycles. The third-order valence-corrected chi connectivity index (χ3v) is 5.19. The zero-order valence-electron chi connectivity index (χ0n) is 14.2. The summed E-state index contributed by atoms with van der Waals surface area (Å²) in [5, 5.41) is 0. The smallest absolute Gasteiger partial charge is 0.0387 e. The van der Waals surface area contributed by atoms with Gasteiger partial charge in [-0.15, -0.1) is 0 Å². The van der Waals surface area contributed by atoms with Gasteiger partial charge in [0.2, 0.25) is 0 Å². The summed E-state index contributed by atoms with van der Waals surface area (Å²) in [5.41, 5.74) is 9.92. The minimum atomic E-state index is 0.724. The number of piperidine rings is 1. The number of rotatable bonds is 6. The van der Waals surface area contributed by atoms with Crippen LogP contribution in [0.4, 0.5) is 0 Å². The summed E-state index contributed by atoms with van der Waals surface area (Å²) in [5.74, 6) is 0.842. The fourth-order valence-corrected chi connectivity index (χ4v) is 3.68. The van der Waals surface area contributed by atoms with Crippen molar-refractivity contribution in [1.29, 1.82) is 0 Å². The number of hydrogen-bond donors (Lipinski definition) is 1. The van der Waals surface area contributed by atoms with E-state index in [1.165, 1.54) is 49.3 Å². The summed E-state index contributed by atoms with van der Waals surface area (Å²) in [6.45, 7) is 4.23. The van der Waals surface area contributed by atoms with E-state index in [0.717, 1.165) is 25.4 Å². The highest BCUT2D eigenvalue weighted by atomic mass is 15.1. The SMILES string of the molecule is Cn1c(CCN)ccc1CN1CCC(Cc2ccccc2)CC1. The molecule has 3 nitrogen and oxygen atoms in total. The van der Waals surface area contributed by atoms with Crippen molar-refractivity contribution in [2.45, 2.75) is 32.2 Å². The maximum atomic E-state index is 5.68. The maximum absolute atomic E-state index is 5.68. The van der Waals surface area contributed by atoms with Crippen molar-refractivity contribution in [3.8, 4) is 0 Å². The Morgan fingerprint density at radius 1 is 1.00 bits per heavy atom. The number of nitrogens with zero attached hydrogens (tertiary/aromatic N) is 2. The lowest BCUT2D eigenvalue weighted by Gasteiger charge is -2.32. The molecule has 1 aromatic heterocycles. The van der Waals surface area contributed by atoms with E-state index in [0.29, 0.717) is 0 Å². The third kappa shape index (κ3) is 4.24. The number of hydrogen-bond acceptors (Lipinski definition) is 2. The quantitative estimate of drug-likeness (QED) is 0.890. The van der Waals surface area contributed by atoms with Crippen LogP contribution in [-0.2, 0) is 26.4 Å². The van der Waals surface area contributed by atoms with Crippen molar-refractivity contribution < 1.29 is 0 Å².